The lowest BCUT2D eigenvalue weighted by molar-refractivity contribution is 0.0376. The van der Waals surface area contributed by atoms with Gasteiger partial charge in [0.1, 0.15) is 26.1 Å². The van der Waals surface area contributed by atoms with Gasteiger partial charge in [0.2, 0.25) is 0 Å². The van der Waals surface area contributed by atoms with Gasteiger partial charge in [0.25, 0.3) is 5.91 Å². The highest BCUT2D eigenvalue weighted by Gasteiger charge is 2.26. The maximum absolute atomic E-state index is 13.5. The molecule has 1 fully saturated rings. The van der Waals surface area contributed by atoms with Crippen molar-refractivity contribution >= 4 is 79.5 Å². The summed E-state index contributed by atoms with van der Waals surface area (Å²) in [5.74, 6) is 1.08. The van der Waals surface area contributed by atoms with Gasteiger partial charge in [0.15, 0.2) is 5.13 Å². The molecule has 0 N–H and O–H groups in total. The number of carbonyl (C=O) groups excluding carboxylic acids is 1. The Morgan fingerprint density at radius 3 is 2.52 bits per heavy atom. The Balaban J connectivity index is 0.00000306. The van der Waals surface area contributed by atoms with Gasteiger partial charge < -0.3 is 14.2 Å². The fourth-order valence-electron chi connectivity index (χ4n) is 3.58. The van der Waals surface area contributed by atoms with Crippen molar-refractivity contribution in [2.45, 2.75) is 6.42 Å². The molecule has 4 rings (SSSR count). The Kier molecular flexibility index (Phi) is 9.46. The molecular weight excluding hydrogens is 529 g/mol. The first-order valence-electron chi connectivity index (χ1n) is 10.1. The minimum Gasteiger partial charge on any atom is -0.495 e. The average Bonchev–Trinajstić information content (AvgIpc) is 3.39. The number of anilines is 1. The number of ether oxygens (including phenoxy) is 3. The van der Waals surface area contributed by atoms with E-state index in [4.69, 9.17) is 42.4 Å². The highest BCUT2D eigenvalue weighted by Crippen LogP contribution is 2.41. The number of morpholine rings is 1. The first kappa shape index (κ1) is 26.3. The predicted molar refractivity (Wildman–Crippen MR) is 138 cm³/mol. The van der Waals surface area contributed by atoms with Gasteiger partial charge in [0.05, 0.1) is 37.3 Å². The van der Waals surface area contributed by atoms with Gasteiger partial charge in [-0.1, -0.05) is 34.5 Å². The second-order valence-corrected chi connectivity index (χ2v) is 10.4. The smallest absolute Gasteiger partial charge is 0.262 e. The van der Waals surface area contributed by atoms with Crippen LogP contribution in [-0.4, -0.2) is 69.4 Å². The molecule has 0 spiro atoms. The summed E-state index contributed by atoms with van der Waals surface area (Å²) in [6.07, 6.45) is 0.783. The molecule has 1 aliphatic rings. The number of nitrogens with zero attached hydrogens (tertiary/aromatic N) is 3. The highest BCUT2D eigenvalue weighted by atomic mass is 35.5. The van der Waals surface area contributed by atoms with Crippen LogP contribution in [0.2, 0.25) is 8.67 Å². The number of fused-ring (bicyclic) bond motifs is 1. The molecule has 1 amide bonds. The van der Waals surface area contributed by atoms with Crippen LogP contribution in [0.4, 0.5) is 5.13 Å². The molecule has 12 heteroatoms. The summed E-state index contributed by atoms with van der Waals surface area (Å²) in [5, 5.41) is 0.563. The van der Waals surface area contributed by atoms with E-state index in [9.17, 15) is 4.79 Å². The number of hydrogen-bond acceptors (Lipinski definition) is 8. The number of thiazole rings is 1. The lowest BCUT2D eigenvalue weighted by atomic mass is 10.2. The van der Waals surface area contributed by atoms with Crippen LogP contribution in [0.15, 0.2) is 18.2 Å². The highest BCUT2D eigenvalue weighted by molar-refractivity contribution is 7.23. The fourth-order valence-corrected chi connectivity index (χ4v) is 6.13. The number of benzene rings is 1. The summed E-state index contributed by atoms with van der Waals surface area (Å²) >= 11 is 15.0. The lowest BCUT2D eigenvalue weighted by Crippen LogP contribution is -2.39. The van der Waals surface area contributed by atoms with Crippen molar-refractivity contribution in [1.29, 1.82) is 0 Å². The molecule has 0 radical (unpaired) electrons. The van der Waals surface area contributed by atoms with Crippen molar-refractivity contribution in [3.8, 4) is 11.5 Å². The number of hydrogen-bond donors (Lipinski definition) is 0. The van der Waals surface area contributed by atoms with E-state index in [0.717, 1.165) is 44.0 Å². The lowest BCUT2D eigenvalue weighted by Gasteiger charge is -2.27. The molecule has 0 unspecified atom stereocenters. The third-order valence-corrected chi connectivity index (χ3v) is 7.80. The molecule has 7 nitrogen and oxygen atoms in total. The van der Waals surface area contributed by atoms with E-state index in [1.807, 2.05) is 12.1 Å². The minimum atomic E-state index is -0.225. The Morgan fingerprint density at radius 1 is 1.18 bits per heavy atom. The van der Waals surface area contributed by atoms with Crippen molar-refractivity contribution < 1.29 is 19.0 Å². The normalized spacial score (nSPS) is 14.2. The van der Waals surface area contributed by atoms with E-state index in [0.29, 0.717) is 42.9 Å². The van der Waals surface area contributed by atoms with Crippen molar-refractivity contribution in [2.75, 3.05) is 58.5 Å². The molecule has 1 saturated heterocycles. The standard InChI is InChI=1S/C21H23Cl2N3O4S2.ClH/c1-28-14-4-5-15(29-2)18-17(14)24-21(32-18)26(7-3-6-25-8-10-30-11-9-25)20(27)13-12-16(22)31-19(13)23;/h4-5,12H,3,6-11H2,1-2H3;1H. The Morgan fingerprint density at radius 2 is 1.88 bits per heavy atom. The summed E-state index contributed by atoms with van der Waals surface area (Å²) in [7, 11) is 3.21. The third-order valence-electron chi connectivity index (χ3n) is 5.22. The van der Waals surface area contributed by atoms with Crippen molar-refractivity contribution in [2.24, 2.45) is 0 Å². The van der Waals surface area contributed by atoms with E-state index < -0.39 is 0 Å². The zero-order chi connectivity index (χ0) is 22.7. The Labute approximate surface area is 216 Å². The number of methoxy groups -OCH3 is 2. The van der Waals surface area contributed by atoms with Crippen LogP contribution < -0.4 is 14.4 Å². The van der Waals surface area contributed by atoms with Gasteiger partial charge in [-0.05, 0) is 24.6 Å². The number of rotatable bonds is 8. The zero-order valence-electron chi connectivity index (χ0n) is 18.1. The number of amides is 1. The molecule has 0 aliphatic carbocycles. The van der Waals surface area contributed by atoms with E-state index in [1.54, 1.807) is 25.2 Å². The summed E-state index contributed by atoms with van der Waals surface area (Å²) < 4.78 is 18.1. The quantitative estimate of drug-likeness (QED) is 0.369. The van der Waals surface area contributed by atoms with E-state index >= 15 is 0 Å². The van der Waals surface area contributed by atoms with Crippen molar-refractivity contribution in [3.63, 3.8) is 0 Å². The summed E-state index contributed by atoms with van der Waals surface area (Å²) in [4.78, 5) is 22.3. The van der Waals surface area contributed by atoms with Gasteiger partial charge >= 0.3 is 0 Å². The Bertz CT molecular complexity index is 1060. The molecule has 0 atom stereocenters. The van der Waals surface area contributed by atoms with Crippen molar-refractivity contribution in [3.05, 3.63) is 32.4 Å². The first-order chi connectivity index (χ1) is 15.5. The van der Waals surface area contributed by atoms with Gasteiger partial charge in [-0.15, -0.1) is 23.7 Å². The maximum Gasteiger partial charge on any atom is 0.262 e. The van der Waals surface area contributed by atoms with Crippen LogP contribution in [0, 0.1) is 0 Å². The molecule has 33 heavy (non-hydrogen) atoms. The summed E-state index contributed by atoms with van der Waals surface area (Å²) in [5.41, 5.74) is 1.04. The first-order valence-corrected chi connectivity index (χ1v) is 12.5. The minimum absolute atomic E-state index is 0. The second kappa shape index (κ2) is 11.9. The van der Waals surface area contributed by atoms with E-state index in [2.05, 4.69) is 4.90 Å². The van der Waals surface area contributed by atoms with Crippen LogP contribution in [0.5, 0.6) is 11.5 Å². The number of halogens is 3. The SMILES string of the molecule is COc1ccc(OC)c2sc(N(CCCN3CCOCC3)C(=O)c3cc(Cl)sc3Cl)nc12.Cl. The second-order valence-electron chi connectivity index (χ2n) is 7.15. The number of thiophene rings is 1. The van der Waals surface area contributed by atoms with Crippen LogP contribution >= 0.6 is 58.3 Å². The van der Waals surface area contributed by atoms with Gasteiger partial charge in [-0.2, -0.15) is 0 Å². The molecule has 1 aromatic carbocycles. The molecule has 3 aromatic rings. The maximum atomic E-state index is 13.5. The fraction of sp³-hybridized carbons (Fsp3) is 0.429. The number of aromatic nitrogens is 1. The van der Waals surface area contributed by atoms with Gasteiger partial charge in [-0.3, -0.25) is 14.6 Å². The molecule has 0 saturated carbocycles. The molecule has 2 aromatic heterocycles. The molecule has 0 bridgehead atoms. The monoisotopic (exact) mass is 551 g/mol. The summed E-state index contributed by atoms with van der Waals surface area (Å²) in [6.45, 7) is 4.63. The molecule has 3 heterocycles. The summed E-state index contributed by atoms with van der Waals surface area (Å²) in [6, 6.07) is 5.26. The molecule has 1 aliphatic heterocycles. The third kappa shape index (κ3) is 5.85. The predicted octanol–water partition coefficient (Wildman–Crippen LogP) is 5.47. The van der Waals surface area contributed by atoms with Crippen LogP contribution in [0.1, 0.15) is 16.8 Å². The van der Waals surface area contributed by atoms with E-state index in [-0.39, 0.29) is 18.3 Å². The van der Waals surface area contributed by atoms with Crippen LogP contribution in [0.3, 0.4) is 0 Å². The topological polar surface area (TPSA) is 64.1 Å². The van der Waals surface area contributed by atoms with Crippen LogP contribution in [0.25, 0.3) is 10.2 Å². The average molecular weight is 553 g/mol. The van der Waals surface area contributed by atoms with Gasteiger partial charge in [0, 0.05) is 26.2 Å². The largest absolute Gasteiger partial charge is 0.495 e. The van der Waals surface area contributed by atoms with Crippen LogP contribution in [-0.2, 0) is 4.74 Å². The molecular formula is C21H24Cl3N3O4S2. The number of carbonyl (C=O) groups is 1. The van der Waals surface area contributed by atoms with Crippen molar-refractivity contribution in [1.82, 2.24) is 9.88 Å². The van der Waals surface area contributed by atoms with E-state index in [1.165, 1.54) is 22.7 Å². The van der Waals surface area contributed by atoms with Gasteiger partial charge in [-0.25, -0.2) is 4.98 Å². The zero-order valence-corrected chi connectivity index (χ0v) is 22.1. The Hall–Kier alpha value is -1.33. The molecule has 180 valence electrons.